The summed E-state index contributed by atoms with van der Waals surface area (Å²) in [5.41, 5.74) is 0. The number of allylic oxidation sites excluding steroid dienone is 8. The van der Waals surface area contributed by atoms with E-state index in [0.717, 1.165) is 44.9 Å². The number of carbonyl (C=O) groups is 2. The van der Waals surface area contributed by atoms with Gasteiger partial charge in [0.05, 0.1) is 12.5 Å². The van der Waals surface area contributed by atoms with Gasteiger partial charge in [-0.15, -0.1) is 0 Å². The first-order valence-electron chi connectivity index (χ1n) is 38.5. The third-order valence-corrected chi connectivity index (χ3v) is 17.5. The lowest BCUT2D eigenvalue weighted by Crippen LogP contribution is -2.13. The van der Waals surface area contributed by atoms with Crippen LogP contribution in [-0.2, 0) is 14.3 Å². The van der Waals surface area contributed by atoms with Gasteiger partial charge in [-0.25, -0.2) is 0 Å². The second-order valence-corrected chi connectivity index (χ2v) is 26.1. The maximum Gasteiger partial charge on any atom is 0.306 e. The first kappa shape index (κ1) is 84.0. The van der Waals surface area contributed by atoms with E-state index in [1.165, 1.54) is 360 Å². The van der Waals surface area contributed by atoms with Crippen molar-refractivity contribution in [1.82, 2.24) is 0 Å². The van der Waals surface area contributed by atoms with Gasteiger partial charge in [0.25, 0.3) is 0 Å². The Morgan fingerprint density at radius 3 is 0.679 bits per heavy atom. The van der Waals surface area contributed by atoms with E-state index >= 15 is 0 Å². The molecule has 4 nitrogen and oxygen atoms in total. The van der Waals surface area contributed by atoms with Gasteiger partial charge in [-0.2, -0.15) is 0 Å². The molecule has 84 heavy (non-hydrogen) atoms. The molecule has 0 amide bonds. The van der Waals surface area contributed by atoms with Crippen molar-refractivity contribution in [2.24, 2.45) is 5.92 Å². The van der Waals surface area contributed by atoms with Crippen LogP contribution in [0.25, 0.3) is 0 Å². The van der Waals surface area contributed by atoms with Crippen LogP contribution in [0, 0.1) is 5.92 Å². The van der Waals surface area contributed by atoms with Crippen molar-refractivity contribution in [1.29, 1.82) is 0 Å². The number of carboxylic acids is 1. The van der Waals surface area contributed by atoms with Gasteiger partial charge < -0.3 is 9.84 Å². The number of carboxylic acid groups (broad SMARTS) is 1. The van der Waals surface area contributed by atoms with Gasteiger partial charge in [-0.1, -0.05) is 352 Å². The molecule has 0 saturated carbocycles. The summed E-state index contributed by atoms with van der Waals surface area (Å²) in [7, 11) is 0. The van der Waals surface area contributed by atoms with E-state index in [4.69, 9.17) is 4.74 Å². The van der Waals surface area contributed by atoms with Crippen molar-refractivity contribution in [3.8, 4) is 0 Å². The minimum atomic E-state index is -0.569. The Balaban J connectivity index is 0. The SMILES string of the molecule is CCCCCCCC/C=C\CCCCCCCCCCCCC(CCCCCC/C=C\CCCCCCCC)C(=O)O.CCCCCCCC/C=C\CCCCCCCCCCCCOC(=O)CCCCCCC/C=C\CCCCCCCC. The van der Waals surface area contributed by atoms with E-state index in [0.29, 0.717) is 13.0 Å². The lowest BCUT2D eigenvalue weighted by atomic mass is 9.94. The number of hydrogen-bond acceptors (Lipinski definition) is 3. The van der Waals surface area contributed by atoms with E-state index in [1.807, 2.05) is 0 Å². The highest BCUT2D eigenvalue weighted by Crippen LogP contribution is 2.21. The Hall–Kier alpha value is -2.10. The summed E-state index contributed by atoms with van der Waals surface area (Å²) in [6.45, 7) is 9.74. The molecule has 496 valence electrons. The lowest BCUT2D eigenvalue weighted by molar-refractivity contribution is -0.144. The summed E-state index contributed by atoms with van der Waals surface area (Å²) < 4.78 is 5.45. The molecule has 0 aromatic carbocycles. The fourth-order valence-corrected chi connectivity index (χ4v) is 11.7. The number of unbranched alkanes of at least 4 members (excludes halogenated alkanes) is 53. The first-order chi connectivity index (χ1) is 41.5. The molecule has 0 bridgehead atoms. The Morgan fingerprint density at radius 2 is 0.452 bits per heavy atom. The van der Waals surface area contributed by atoms with Crippen LogP contribution in [0.5, 0.6) is 0 Å². The van der Waals surface area contributed by atoms with E-state index in [9.17, 15) is 14.7 Å². The Morgan fingerprint density at radius 1 is 0.262 bits per heavy atom. The fourth-order valence-electron chi connectivity index (χ4n) is 11.7. The maximum absolute atomic E-state index is 11.9. The van der Waals surface area contributed by atoms with Gasteiger partial charge in [-0.05, 0) is 128 Å². The molecular formula is C80H152O4. The largest absolute Gasteiger partial charge is 0.481 e. The predicted octanol–water partition coefficient (Wildman–Crippen LogP) is 28.5. The number of carbonyl (C=O) groups excluding carboxylic acids is 1. The van der Waals surface area contributed by atoms with Crippen LogP contribution in [0.15, 0.2) is 48.6 Å². The molecule has 0 radical (unpaired) electrons. The van der Waals surface area contributed by atoms with Gasteiger partial charge >= 0.3 is 11.9 Å². The van der Waals surface area contributed by atoms with Gasteiger partial charge in [0, 0.05) is 6.42 Å². The monoisotopic (exact) mass is 1180 g/mol. The molecule has 4 heteroatoms. The average molecular weight is 1180 g/mol. The molecule has 0 aliphatic heterocycles. The standard InChI is InChI=1S/2C40H76O2/c1-3-5-7-9-11-13-15-17-19-20-21-22-23-24-26-28-30-32-34-36-38-39(40(41)42)37-35-33-31-29-27-25-18-16-14-12-10-8-6-4-2;1-3-5-7-9-11-13-15-17-19-20-21-22-23-25-27-29-31-33-35-37-39-42-40(41)38-36-34-32-30-28-26-24-18-16-14-12-10-8-6-4-2/h17-19,25,39H,3-16,20-24,26-38H2,1-2H3,(H,41,42);17-19,24H,3-16,20-23,25-39H2,1-2H3/b19-17-,25-18-;19-17-,24-18-. The lowest BCUT2D eigenvalue weighted by Gasteiger charge is -2.12. The van der Waals surface area contributed by atoms with Crippen LogP contribution in [0.4, 0.5) is 0 Å². The third kappa shape index (κ3) is 77.9. The summed E-state index contributed by atoms with van der Waals surface area (Å²) in [6.07, 6.45) is 102. The zero-order chi connectivity index (χ0) is 61.1. The second-order valence-electron chi connectivity index (χ2n) is 26.1. The minimum Gasteiger partial charge on any atom is -0.481 e. The van der Waals surface area contributed by atoms with Gasteiger partial charge in [0.1, 0.15) is 0 Å². The molecule has 0 aliphatic rings. The molecule has 0 aliphatic carbocycles. The van der Waals surface area contributed by atoms with E-state index < -0.39 is 5.97 Å². The molecule has 0 saturated heterocycles. The molecule has 1 N–H and O–H groups in total. The van der Waals surface area contributed by atoms with Crippen LogP contribution in [0.2, 0.25) is 0 Å². The summed E-state index contributed by atoms with van der Waals surface area (Å²) in [6, 6.07) is 0. The van der Waals surface area contributed by atoms with Crippen LogP contribution in [-0.4, -0.2) is 23.7 Å². The van der Waals surface area contributed by atoms with Crippen molar-refractivity contribution in [3.05, 3.63) is 48.6 Å². The summed E-state index contributed by atoms with van der Waals surface area (Å²) in [4.78, 5) is 23.6. The summed E-state index contributed by atoms with van der Waals surface area (Å²) in [5.74, 6) is -0.672. The van der Waals surface area contributed by atoms with Crippen molar-refractivity contribution in [2.45, 2.75) is 439 Å². The topological polar surface area (TPSA) is 63.6 Å². The van der Waals surface area contributed by atoms with Gasteiger partial charge in [0.15, 0.2) is 0 Å². The number of ether oxygens (including phenoxy) is 1. The zero-order valence-corrected chi connectivity index (χ0v) is 57.8. The molecule has 0 aromatic heterocycles. The maximum atomic E-state index is 11.9. The zero-order valence-electron chi connectivity index (χ0n) is 57.8. The van der Waals surface area contributed by atoms with E-state index in [-0.39, 0.29) is 11.9 Å². The Bertz CT molecular complexity index is 1340. The van der Waals surface area contributed by atoms with Crippen molar-refractivity contribution < 1.29 is 19.4 Å². The third-order valence-electron chi connectivity index (χ3n) is 17.5. The number of rotatable bonds is 70. The smallest absolute Gasteiger partial charge is 0.306 e. The normalized spacial score (nSPS) is 12.2. The van der Waals surface area contributed by atoms with Crippen molar-refractivity contribution in [2.75, 3.05) is 6.61 Å². The molecule has 0 fully saturated rings. The summed E-state index contributed by atoms with van der Waals surface area (Å²) in [5, 5.41) is 9.62. The van der Waals surface area contributed by atoms with Gasteiger partial charge in [-0.3, -0.25) is 9.59 Å². The minimum absolute atomic E-state index is 0.0147. The van der Waals surface area contributed by atoms with Crippen LogP contribution in [0.1, 0.15) is 439 Å². The molecule has 1 atom stereocenters. The average Bonchev–Trinajstić information content (AvgIpc) is 3.49. The Kier molecular flexibility index (Phi) is 78.9. The van der Waals surface area contributed by atoms with Gasteiger partial charge in [0.2, 0.25) is 0 Å². The molecule has 0 aromatic rings. The first-order valence-corrected chi connectivity index (χ1v) is 38.5. The highest BCUT2D eigenvalue weighted by Gasteiger charge is 2.16. The van der Waals surface area contributed by atoms with Crippen molar-refractivity contribution >= 4 is 11.9 Å². The van der Waals surface area contributed by atoms with Crippen LogP contribution < -0.4 is 0 Å². The van der Waals surface area contributed by atoms with E-state index in [2.05, 4.69) is 76.3 Å². The van der Waals surface area contributed by atoms with E-state index in [1.54, 1.807) is 0 Å². The molecule has 0 heterocycles. The van der Waals surface area contributed by atoms with Crippen LogP contribution in [0.3, 0.4) is 0 Å². The Labute approximate surface area is 528 Å². The number of aliphatic carboxylic acids is 1. The molecular weight excluding hydrogens is 1020 g/mol. The molecule has 1 unspecified atom stereocenters. The second kappa shape index (κ2) is 78.9. The quantitative estimate of drug-likeness (QED) is 0.0374. The fraction of sp³-hybridized carbons (Fsp3) is 0.875. The van der Waals surface area contributed by atoms with Crippen LogP contribution >= 0.6 is 0 Å². The number of esters is 1. The predicted molar refractivity (Wildman–Crippen MR) is 377 cm³/mol. The summed E-state index contributed by atoms with van der Waals surface area (Å²) >= 11 is 0. The highest BCUT2D eigenvalue weighted by atomic mass is 16.5. The molecule has 0 spiro atoms. The highest BCUT2D eigenvalue weighted by molar-refractivity contribution is 5.70. The molecule has 0 rings (SSSR count). The van der Waals surface area contributed by atoms with Crippen molar-refractivity contribution in [3.63, 3.8) is 0 Å². The number of hydrogen-bond donors (Lipinski definition) is 1.